The lowest BCUT2D eigenvalue weighted by Crippen LogP contribution is -2.27. The summed E-state index contributed by atoms with van der Waals surface area (Å²) >= 11 is 0. The highest BCUT2D eigenvalue weighted by Gasteiger charge is 2.26. The minimum atomic E-state index is 0.0501. The van der Waals surface area contributed by atoms with E-state index in [0.717, 1.165) is 36.9 Å². The molecule has 1 aliphatic carbocycles. The van der Waals surface area contributed by atoms with Crippen LogP contribution in [0.25, 0.3) is 16.8 Å². The van der Waals surface area contributed by atoms with Gasteiger partial charge in [-0.15, -0.1) is 0 Å². The zero-order valence-corrected chi connectivity index (χ0v) is 18.9. The lowest BCUT2D eigenvalue weighted by molar-refractivity contribution is 0.0950. The molecule has 0 spiro atoms. The van der Waals surface area contributed by atoms with E-state index in [1.54, 1.807) is 42.3 Å². The van der Waals surface area contributed by atoms with E-state index >= 15 is 0 Å². The third-order valence-corrected chi connectivity index (χ3v) is 6.34. The number of anilines is 2. The van der Waals surface area contributed by atoms with Crippen molar-refractivity contribution in [1.29, 1.82) is 0 Å². The van der Waals surface area contributed by atoms with Crippen LogP contribution < -0.4 is 15.8 Å². The van der Waals surface area contributed by atoms with Gasteiger partial charge in [0.25, 0.3) is 0 Å². The third kappa shape index (κ3) is 4.39. The number of nitrogens with one attached hydrogen (secondary N) is 1. The Morgan fingerprint density at radius 1 is 1.12 bits per heavy atom. The summed E-state index contributed by atoms with van der Waals surface area (Å²) in [4.78, 5) is 30.2. The molecule has 1 saturated carbocycles. The summed E-state index contributed by atoms with van der Waals surface area (Å²) < 4.78 is 6.93. The predicted octanol–water partition coefficient (Wildman–Crippen LogP) is 3.42. The number of nitrogens with zero attached hydrogens (tertiary/aromatic N) is 6. The average molecular weight is 459 g/mol. The van der Waals surface area contributed by atoms with Gasteiger partial charge in [0, 0.05) is 48.2 Å². The van der Waals surface area contributed by atoms with Gasteiger partial charge in [0.2, 0.25) is 11.8 Å². The summed E-state index contributed by atoms with van der Waals surface area (Å²) in [5.41, 5.74) is 8.83. The zero-order valence-electron chi connectivity index (χ0n) is 18.9. The van der Waals surface area contributed by atoms with E-state index in [-0.39, 0.29) is 11.6 Å². The fraction of sp³-hybridized carbons (Fsp3) is 0.333. The van der Waals surface area contributed by atoms with Crippen LogP contribution in [0.4, 0.5) is 11.8 Å². The van der Waals surface area contributed by atoms with Crippen LogP contribution in [0, 0.1) is 5.92 Å². The standard InChI is InChI=1S/C24H26N8O2/c1-34-21-12-16(7-10-26-21)19-13-18(22-23(25)29-14-30-32(19)22)20(33)11-15-3-5-17(6-4-15)31-24-27-8-2-9-28-24/h2,7-10,12-15,17H,3-6,11H2,1H3,(H2,25,29,30)(H,27,28,31). The van der Waals surface area contributed by atoms with Crippen molar-refractivity contribution in [2.24, 2.45) is 5.92 Å². The number of ether oxygens (including phenoxy) is 1. The monoisotopic (exact) mass is 458 g/mol. The normalized spacial score (nSPS) is 18.0. The summed E-state index contributed by atoms with van der Waals surface area (Å²) in [6.45, 7) is 0. The highest BCUT2D eigenvalue weighted by molar-refractivity contribution is 6.06. The number of fused-ring (bicyclic) bond motifs is 1. The maximum Gasteiger partial charge on any atom is 0.222 e. The van der Waals surface area contributed by atoms with Crippen LogP contribution >= 0.6 is 0 Å². The number of Topliss-reactive ketones (excluding diaryl/α,β-unsaturated/α-hetero) is 1. The topological polar surface area (TPSA) is 133 Å². The van der Waals surface area contributed by atoms with Gasteiger partial charge < -0.3 is 15.8 Å². The minimum absolute atomic E-state index is 0.0501. The number of ketones is 1. The minimum Gasteiger partial charge on any atom is -0.481 e. The van der Waals surface area contributed by atoms with Crippen LogP contribution in [0.1, 0.15) is 42.5 Å². The van der Waals surface area contributed by atoms with E-state index in [4.69, 9.17) is 10.5 Å². The molecule has 0 amide bonds. The van der Waals surface area contributed by atoms with Crippen molar-refractivity contribution in [1.82, 2.24) is 29.5 Å². The lowest BCUT2D eigenvalue weighted by Gasteiger charge is -2.28. The Hall–Kier alpha value is -4.08. The summed E-state index contributed by atoms with van der Waals surface area (Å²) in [5.74, 6) is 1.77. The number of nitrogen functional groups attached to an aromatic ring is 1. The number of hydrogen-bond donors (Lipinski definition) is 2. The number of nitrogens with two attached hydrogens (primary N) is 1. The van der Waals surface area contributed by atoms with Gasteiger partial charge in [-0.05, 0) is 49.8 Å². The first-order chi connectivity index (χ1) is 16.6. The molecular formula is C24H26N8O2. The number of methoxy groups -OCH3 is 1. The van der Waals surface area contributed by atoms with E-state index in [2.05, 4.69) is 30.4 Å². The first kappa shape index (κ1) is 21.7. The van der Waals surface area contributed by atoms with E-state index in [1.807, 2.05) is 12.1 Å². The summed E-state index contributed by atoms with van der Waals surface area (Å²) in [5, 5.41) is 7.76. The Balaban J connectivity index is 1.34. The number of rotatable bonds is 7. The summed E-state index contributed by atoms with van der Waals surface area (Å²) in [7, 11) is 1.56. The summed E-state index contributed by atoms with van der Waals surface area (Å²) in [6, 6.07) is 7.62. The lowest BCUT2D eigenvalue weighted by atomic mass is 9.82. The number of aromatic nitrogens is 6. The van der Waals surface area contributed by atoms with Crippen LogP contribution in [-0.4, -0.2) is 48.5 Å². The molecule has 10 heteroatoms. The van der Waals surface area contributed by atoms with Gasteiger partial charge in [-0.25, -0.2) is 24.5 Å². The molecule has 4 heterocycles. The Kier molecular flexibility index (Phi) is 6.03. The van der Waals surface area contributed by atoms with Crippen LogP contribution in [0.5, 0.6) is 5.88 Å². The predicted molar refractivity (Wildman–Crippen MR) is 128 cm³/mol. The molecule has 0 unspecified atom stereocenters. The van der Waals surface area contributed by atoms with Crippen molar-refractivity contribution in [3.05, 3.63) is 54.7 Å². The molecule has 34 heavy (non-hydrogen) atoms. The van der Waals surface area contributed by atoms with Gasteiger partial charge in [0.1, 0.15) is 11.8 Å². The first-order valence-corrected chi connectivity index (χ1v) is 11.3. The van der Waals surface area contributed by atoms with Crippen LogP contribution in [0.2, 0.25) is 0 Å². The molecule has 174 valence electrons. The molecule has 3 N–H and O–H groups in total. The Morgan fingerprint density at radius 2 is 1.91 bits per heavy atom. The van der Waals surface area contributed by atoms with Crippen LogP contribution in [0.3, 0.4) is 0 Å². The molecule has 1 aliphatic rings. The second-order valence-corrected chi connectivity index (χ2v) is 8.50. The Bertz CT molecular complexity index is 1300. The molecular weight excluding hydrogens is 432 g/mol. The summed E-state index contributed by atoms with van der Waals surface area (Å²) in [6.07, 6.45) is 10.8. The number of carbonyl (C=O) groups is 1. The molecule has 1 fully saturated rings. The van der Waals surface area contributed by atoms with Gasteiger partial charge in [-0.3, -0.25) is 4.79 Å². The number of pyridine rings is 1. The second-order valence-electron chi connectivity index (χ2n) is 8.50. The molecule has 4 aromatic heterocycles. The van der Waals surface area contributed by atoms with Crippen molar-refractivity contribution >= 4 is 23.1 Å². The fourth-order valence-corrected chi connectivity index (χ4v) is 4.61. The van der Waals surface area contributed by atoms with Crippen molar-refractivity contribution in [2.75, 3.05) is 18.2 Å². The second kappa shape index (κ2) is 9.42. The van der Waals surface area contributed by atoms with Gasteiger partial charge in [-0.1, -0.05) is 0 Å². The fourth-order valence-electron chi connectivity index (χ4n) is 4.61. The number of hydrogen-bond acceptors (Lipinski definition) is 9. The maximum atomic E-state index is 13.4. The van der Waals surface area contributed by atoms with Crippen molar-refractivity contribution in [3.8, 4) is 17.1 Å². The highest BCUT2D eigenvalue weighted by Crippen LogP contribution is 2.33. The SMILES string of the molecule is COc1cc(-c2cc(C(=O)CC3CCC(Nc4ncccn4)CC3)c3c(N)ncnn23)ccn1. The molecule has 0 aromatic carbocycles. The molecule has 0 saturated heterocycles. The van der Waals surface area contributed by atoms with E-state index in [1.165, 1.54) is 6.33 Å². The van der Waals surface area contributed by atoms with Crippen LogP contribution in [0.15, 0.2) is 49.2 Å². The van der Waals surface area contributed by atoms with Crippen LogP contribution in [-0.2, 0) is 0 Å². The van der Waals surface area contributed by atoms with Gasteiger partial charge in [-0.2, -0.15) is 5.10 Å². The van der Waals surface area contributed by atoms with Crippen molar-refractivity contribution in [3.63, 3.8) is 0 Å². The molecule has 0 bridgehead atoms. The highest BCUT2D eigenvalue weighted by atomic mass is 16.5. The van der Waals surface area contributed by atoms with Crippen molar-refractivity contribution < 1.29 is 9.53 Å². The van der Waals surface area contributed by atoms with Gasteiger partial charge in [0.05, 0.1) is 12.8 Å². The van der Waals surface area contributed by atoms with Crippen molar-refractivity contribution in [2.45, 2.75) is 38.1 Å². The molecule has 10 nitrogen and oxygen atoms in total. The number of carbonyl (C=O) groups excluding carboxylic acids is 1. The molecule has 0 atom stereocenters. The molecule has 0 radical (unpaired) electrons. The smallest absolute Gasteiger partial charge is 0.222 e. The Morgan fingerprint density at radius 3 is 2.68 bits per heavy atom. The van der Waals surface area contributed by atoms with E-state index < -0.39 is 0 Å². The third-order valence-electron chi connectivity index (χ3n) is 6.34. The molecule has 0 aliphatic heterocycles. The van der Waals surface area contributed by atoms with E-state index in [9.17, 15) is 4.79 Å². The average Bonchev–Trinajstić information content (AvgIpc) is 3.27. The largest absolute Gasteiger partial charge is 0.481 e. The quantitative estimate of drug-likeness (QED) is 0.400. The van der Waals surface area contributed by atoms with E-state index in [0.29, 0.717) is 41.3 Å². The molecule has 4 aromatic rings. The zero-order chi connectivity index (χ0) is 23.5. The maximum absolute atomic E-state index is 13.4. The Labute approximate surface area is 196 Å². The molecule has 5 rings (SSSR count). The van der Waals surface area contributed by atoms with Gasteiger partial charge >= 0.3 is 0 Å². The first-order valence-electron chi connectivity index (χ1n) is 11.3. The van der Waals surface area contributed by atoms with Gasteiger partial charge in [0.15, 0.2) is 11.6 Å².